The van der Waals surface area contributed by atoms with E-state index in [1.54, 1.807) is 17.7 Å². The summed E-state index contributed by atoms with van der Waals surface area (Å²) in [6.45, 7) is 2.12. The Balaban J connectivity index is 2.79. The summed E-state index contributed by atoms with van der Waals surface area (Å²) >= 11 is 0. The minimum Gasteiger partial charge on any atom is -0.478 e. The molecule has 5 nitrogen and oxygen atoms in total. The Labute approximate surface area is 81.1 Å². The molecule has 0 aliphatic rings. The van der Waals surface area contributed by atoms with E-state index in [0.29, 0.717) is 12.2 Å². The highest BCUT2D eigenvalue weighted by Gasteiger charge is 2.10. The number of primary amides is 1. The van der Waals surface area contributed by atoms with E-state index in [-0.39, 0.29) is 12.0 Å². The molecule has 0 aliphatic carbocycles. The molecular formula is C9H12N2O3. The maximum Gasteiger partial charge on any atom is 0.337 e. The summed E-state index contributed by atoms with van der Waals surface area (Å²) in [5.74, 6) is -1.35. The largest absolute Gasteiger partial charge is 0.478 e. The number of hydrogen-bond acceptors (Lipinski definition) is 2. The molecule has 5 heteroatoms. The van der Waals surface area contributed by atoms with Crippen LogP contribution in [0.3, 0.4) is 0 Å². The second kappa shape index (κ2) is 3.95. The van der Waals surface area contributed by atoms with Crippen molar-refractivity contribution in [2.75, 3.05) is 0 Å². The molecule has 1 heterocycles. The fraction of sp³-hybridized carbons (Fsp3) is 0.333. The van der Waals surface area contributed by atoms with E-state index in [1.807, 2.05) is 0 Å². The van der Waals surface area contributed by atoms with Crippen LogP contribution in [-0.4, -0.2) is 21.6 Å². The van der Waals surface area contributed by atoms with Crippen LogP contribution >= 0.6 is 0 Å². The molecule has 0 aliphatic heterocycles. The third kappa shape index (κ3) is 2.12. The number of rotatable bonds is 4. The molecule has 0 atom stereocenters. The summed E-state index contributed by atoms with van der Waals surface area (Å²) in [4.78, 5) is 21.2. The van der Waals surface area contributed by atoms with Gasteiger partial charge in [0.25, 0.3) is 0 Å². The zero-order valence-corrected chi connectivity index (χ0v) is 7.86. The highest BCUT2D eigenvalue weighted by atomic mass is 16.4. The first-order valence-corrected chi connectivity index (χ1v) is 4.19. The Morgan fingerprint density at radius 1 is 1.57 bits per heavy atom. The molecule has 3 N–H and O–H groups in total. The summed E-state index contributed by atoms with van der Waals surface area (Å²) in [6, 6.07) is 1.51. The number of aryl methyl sites for hydroxylation is 1. The molecule has 0 aromatic carbocycles. The van der Waals surface area contributed by atoms with Crippen molar-refractivity contribution in [3.63, 3.8) is 0 Å². The summed E-state index contributed by atoms with van der Waals surface area (Å²) in [6.07, 6.45) is 1.86. The molecule has 0 spiro atoms. The molecule has 1 aromatic rings. The molecule has 0 bridgehead atoms. The molecule has 0 saturated carbocycles. The lowest BCUT2D eigenvalue weighted by molar-refractivity contribution is -0.118. The molecule has 0 radical (unpaired) electrons. The van der Waals surface area contributed by atoms with Crippen molar-refractivity contribution in [2.24, 2.45) is 5.73 Å². The molecule has 1 rings (SSSR count). The summed E-state index contributed by atoms with van der Waals surface area (Å²) in [7, 11) is 0. The number of carboxylic acids is 1. The molecule has 1 aromatic heterocycles. The van der Waals surface area contributed by atoms with Crippen LogP contribution in [0.5, 0.6) is 0 Å². The normalized spacial score (nSPS) is 10.1. The first-order chi connectivity index (χ1) is 6.52. The van der Waals surface area contributed by atoms with Gasteiger partial charge in [-0.05, 0) is 13.0 Å². The smallest absolute Gasteiger partial charge is 0.337 e. The highest BCUT2D eigenvalue weighted by molar-refractivity contribution is 5.89. The Morgan fingerprint density at radius 2 is 2.21 bits per heavy atom. The minimum atomic E-state index is -0.958. The van der Waals surface area contributed by atoms with Crippen molar-refractivity contribution in [2.45, 2.75) is 19.9 Å². The van der Waals surface area contributed by atoms with Crippen molar-refractivity contribution in [3.8, 4) is 0 Å². The number of nitrogens with zero attached hydrogens (tertiary/aromatic N) is 1. The van der Waals surface area contributed by atoms with Gasteiger partial charge in [-0.1, -0.05) is 0 Å². The van der Waals surface area contributed by atoms with Crippen LogP contribution in [0.25, 0.3) is 0 Å². The number of carbonyl (C=O) groups is 2. The van der Waals surface area contributed by atoms with Gasteiger partial charge < -0.3 is 15.4 Å². The van der Waals surface area contributed by atoms with Crippen molar-refractivity contribution in [1.82, 2.24) is 4.57 Å². The van der Waals surface area contributed by atoms with Gasteiger partial charge in [0.1, 0.15) is 0 Å². The summed E-state index contributed by atoms with van der Waals surface area (Å²) in [5.41, 5.74) is 5.88. The number of carbonyl (C=O) groups excluding carboxylic acids is 1. The van der Waals surface area contributed by atoms with Gasteiger partial charge in [-0.3, -0.25) is 4.79 Å². The number of nitrogens with two attached hydrogens (primary N) is 1. The quantitative estimate of drug-likeness (QED) is 0.729. The molecule has 76 valence electrons. The van der Waals surface area contributed by atoms with E-state index in [9.17, 15) is 9.59 Å². The van der Waals surface area contributed by atoms with Crippen LogP contribution in [0.2, 0.25) is 0 Å². The monoisotopic (exact) mass is 196 g/mol. The maximum atomic E-state index is 10.7. The SMILES string of the molecule is Cc1c(C(=O)O)ccn1CCC(N)=O. The van der Waals surface area contributed by atoms with Gasteiger partial charge in [-0.25, -0.2) is 4.79 Å². The number of hydrogen-bond donors (Lipinski definition) is 2. The number of aromatic nitrogens is 1. The Morgan fingerprint density at radius 3 is 2.64 bits per heavy atom. The Bertz CT molecular complexity index is 368. The fourth-order valence-corrected chi connectivity index (χ4v) is 1.25. The lowest BCUT2D eigenvalue weighted by Crippen LogP contribution is -2.14. The van der Waals surface area contributed by atoms with Crippen LogP contribution in [0, 0.1) is 6.92 Å². The second-order valence-electron chi connectivity index (χ2n) is 3.03. The predicted molar refractivity (Wildman–Crippen MR) is 49.9 cm³/mol. The zero-order chi connectivity index (χ0) is 10.7. The van der Waals surface area contributed by atoms with Gasteiger partial charge in [0.05, 0.1) is 5.56 Å². The average Bonchev–Trinajstić information content (AvgIpc) is 2.43. The van der Waals surface area contributed by atoms with Gasteiger partial charge in [-0.15, -0.1) is 0 Å². The molecule has 0 saturated heterocycles. The van der Waals surface area contributed by atoms with Crippen LogP contribution in [-0.2, 0) is 11.3 Å². The van der Waals surface area contributed by atoms with E-state index in [4.69, 9.17) is 10.8 Å². The third-order valence-electron chi connectivity index (χ3n) is 2.07. The number of carboxylic acid groups (broad SMARTS) is 1. The summed E-state index contributed by atoms with van der Waals surface area (Å²) < 4.78 is 1.70. The zero-order valence-electron chi connectivity index (χ0n) is 7.86. The molecule has 0 unspecified atom stereocenters. The standard InChI is InChI=1S/C9H12N2O3/c1-6-7(9(13)14)2-4-11(6)5-3-8(10)12/h2,4H,3,5H2,1H3,(H2,10,12)(H,13,14). The molecule has 1 amide bonds. The van der Waals surface area contributed by atoms with E-state index in [1.165, 1.54) is 6.07 Å². The lowest BCUT2D eigenvalue weighted by atomic mass is 10.2. The first-order valence-electron chi connectivity index (χ1n) is 4.19. The van der Waals surface area contributed by atoms with Crippen LogP contribution in [0.4, 0.5) is 0 Å². The van der Waals surface area contributed by atoms with Crippen LogP contribution in [0.15, 0.2) is 12.3 Å². The minimum absolute atomic E-state index is 0.217. The van der Waals surface area contributed by atoms with Gasteiger partial charge in [0.2, 0.25) is 5.91 Å². The van der Waals surface area contributed by atoms with Crippen LogP contribution in [0.1, 0.15) is 22.5 Å². The van der Waals surface area contributed by atoms with Crippen molar-refractivity contribution in [3.05, 3.63) is 23.5 Å². The Kier molecular flexibility index (Phi) is 2.91. The lowest BCUT2D eigenvalue weighted by Gasteiger charge is -2.04. The molecule has 0 fully saturated rings. The first kappa shape index (κ1) is 10.3. The predicted octanol–water partition coefficient (Wildman–Crippen LogP) is 0.370. The van der Waals surface area contributed by atoms with E-state index in [0.717, 1.165) is 0 Å². The third-order valence-corrected chi connectivity index (χ3v) is 2.07. The van der Waals surface area contributed by atoms with Crippen molar-refractivity contribution in [1.29, 1.82) is 0 Å². The average molecular weight is 196 g/mol. The maximum absolute atomic E-state index is 10.7. The van der Waals surface area contributed by atoms with E-state index < -0.39 is 11.9 Å². The highest BCUT2D eigenvalue weighted by Crippen LogP contribution is 2.10. The topological polar surface area (TPSA) is 85.3 Å². The fourth-order valence-electron chi connectivity index (χ4n) is 1.25. The second-order valence-corrected chi connectivity index (χ2v) is 3.03. The van der Waals surface area contributed by atoms with Gasteiger partial charge >= 0.3 is 5.97 Å². The molecular weight excluding hydrogens is 184 g/mol. The Hall–Kier alpha value is -1.78. The molecule has 14 heavy (non-hydrogen) atoms. The van der Waals surface area contributed by atoms with E-state index >= 15 is 0 Å². The van der Waals surface area contributed by atoms with Crippen molar-refractivity contribution >= 4 is 11.9 Å². The number of amides is 1. The summed E-state index contributed by atoms with van der Waals surface area (Å²) in [5, 5.41) is 8.75. The van der Waals surface area contributed by atoms with E-state index in [2.05, 4.69) is 0 Å². The van der Waals surface area contributed by atoms with Gasteiger partial charge in [0.15, 0.2) is 0 Å². The van der Waals surface area contributed by atoms with Crippen molar-refractivity contribution < 1.29 is 14.7 Å². The van der Waals surface area contributed by atoms with Gasteiger partial charge in [-0.2, -0.15) is 0 Å². The number of aromatic carboxylic acids is 1. The van der Waals surface area contributed by atoms with Gasteiger partial charge in [0, 0.05) is 24.9 Å². The van der Waals surface area contributed by atoms with Crippen LogP contribution < -0.4 is 5.73 Å².